The number of hydrogen-bond acceptors (Lipinski definition) is 13. The molecule has 0 heterocycles. The Bertz CT molecular complexity index is 3190. The molecule has 0 radical (unpaired) electrons. The summed E-state index contributed by atoms with van der Waals surface area (Å²) in [4.78, 5) is 34.2. The van der Waals surface area contributed by atoms with E-state index in [-0.39, 0.29) is 22.9 Å². The summed E-state index contributed by atoms with van der Waals surface area (Å²) in [5, 5.41) is 26.6. The van der Waals surface area contributed by atoms with Gasteiger partial charge in [-0.2, -0.15) is 0 Å². The number of nitrogens with two attached hydrogens (primary N) is 4. The van der Waals surface area contributed by atoms with Crippen LogP contribution in [0, 0.1) is 70.1 Å². The molecule has 0 saturated heterocycles. The van der Waals surface area contributed by atoms with E-state index in [0.717, 1.165) is 47.0 Å². The number of nitrogen functional groups attached to an aromatic ring is 3. The maximum atomic E-state index is 14.8. The molecule has 0 atom stereocenters. The van der Waals surface area contributed by atoms with Crippen molar-refractivity contribution in [3.63, 3.8) is 0 Å². The van der Waals surface area contributed by atoms with Gasteiger partial charge in [0.15, 0.2) is 23.3 Å². The number of nitrogens with one attached hydrogen (secondary N) is 2. The van der Waals surface area contributed by atoms with E-state index in [0.29, 0.717) is 44.5 Å². The van der Waals surface area contributed by atoms with Crippen LogP contribution in [0.4, 0.5) is 72.2 Å². The number of rotatable bonds is 18. The minimum absolute atomic E-state index is 0.138. The number of carbonyl (C=O) groups excluding carboxylic acids is 1. The van der Waals surface area contributed by atoms with Gasteiger partial charge >= 0.3 is 6.09 Å². The Hall–Kier alpha value is -9.60. The highest BCUT2D eigenvalue weighted by Crippen LogP contribution is 2.34. The topological polar surface area (TPSA) is 247 Å². The van der Waals surface area contributed by atoms with Gasteiger partial charge < -0.3 is 42.8 Å². The van der Waals surface area contributed by atoms with Crippen molar-refractivity contribution in [3.8, 4) is 0 Å². The minimum atomic E-state index is -1.38. The molecule has 10 N–H and O–H groups in total. The van der Waals surface area contributed by atoms with Gasteiger partial charge in [0, 0.05) is 57.9 Å². The summed E-state index contributed by atoms with van der Waals surface area (Å²) in [6.07, 6.45) is 4.51. The fourth-order valence-electron chi connectivity index (χ4n) is 7.07. The smallest absolute Gasteiger partial charge is 0.411 e. The molecular weight excluding hydrogens is 1050 g/mol. The molecule has 7 rings (SSSR count). The van der Waals surface area contributed by atoms with Crippen molar-refractivity contribution in [2.24, 2.45) is 5.73 Å². The second-order valence-corrected chi connectivity index (χ2v) is 17.7. The summed E-state index contributed by atoms with van der Waals surface area (Å²) in [6.45, 7) is 21.2. The van der Waals surface area contributed by atoms with Gasteiger partial charge in [-0.3, -0.25) is 25.5 Å². The highest BCUT2D eigenvalue weighted by atomic mass is 19.2. The first kappa shape index (κ1) is 65.7. The van der Waals surface area contributed by atoms with Gasteiger partial charge in [-0.1, -0.05) is 120 Å². The van der Waals surface area contributed by atoms with Gasteiger partial charge in [-0.05, 0) is 79.4 Å². The number of aryl methyl sites for hydroxylation is 3. The van der Waals surface area contributed by atoms with E-state index in [4.69, 9.17) is 22.9 Å². The van der Waals surface area contributed by atoms with Crippen molar-refractivity contribution >= 4 is 51.6 Å². The highest BCUT2D eigenvalue weighted by molar-refractivity contribution is 5.90. The summed E-state index contributed by atoms with van der Waals surface area (Å²) in [5.41, 5.74) is 27.8. The number of benzene rings is 7. The summed E-state index contributed by atoms with van der Waals surface area (Å²) in [6, 6.07) is 37.8. The summed E-state index contributed by atoms with van der Waals surface area (Å²) < 4.78 is 70.8. The van der Waals surface area contributed by atoms with Crippen LogP contribution in [0.2, 0.25) is 0 Å². The molecule has 0 fully saturated rings. The summed E-state index contributed by atoms with van der Waals surface area (Å²) in [5.74, 6) is -4.18. The highest BCUT2D eigenvalue weighted by Gasteiger charge is 2.22. The van der Waals surface area contributed by atoms with Crippen LogP contribution in [-0.2, 0) is 30.9 Å². The lowest BCUT2D eigenvalue weighted by molar-refractivity contribution is -0.384. The Morgan fingerprint density at radius 3 is 1.40 bits per heavy atom. The van der Waals surface area contributed by atoms with E-state index in [1.807, 2.05) is 73.4 Å². The fourth-order valence-corrected chi connectivity index (χ4v) is 7.07. The first-order valence-corrected chi connectivity index (χ1v) is 24.8. The third-order valence-corrected chi connectivity index (χ3v) is 11.5. The van der Waals surface area contributed by atoms with Gasteiger partial charge in [-0.25, -0.2) is 26.7 Å². The molecule has 0 bridgehead atoms. The molecular formula is C60H67F5N10O6. The Balaban J connectivity index is 0.000000280. The first-order valence-electron chi connectivity index (χ1n) is 24.8. The quantitative estimate of drug-likeness (QED) is 0.0117. The second-order valence-electron chi connectivity index (χ2n) is 17.7. The molecule has 1 amide bonds. The van der Waals surface area contributed by atoms with Crippen molar-refractivity contribution in [2.75, 3.05) is 59.1 Å². The number of anilines is 6. The van der Waals surface area contributed by atoms with Gasteiger partial charge in [0.2, 0.25) is 0 Å². The molecule has 0 unspecified atom stereocenters. The van der Waals surface area contributed by atoms with Gasteiger partial charge in [-0.15, -0.1) is 19.7 Å². The largest absolute Gasteiger partial charge is 0.453 e. The standard InChI is InChI=1S/C19H22FN3O2.C17H18FN3O2.C11H15N.C7H8FN.C6H4F2N2O2/c1-4-11-23(12-14-7-5-13(2)6-8-14)16-10-9-15(18(21)17(16)20)22-19(24)25-3;1-3-10-20(11-13-6-4-12(2)5-7-13)14-8-9-15(21(22)23)17(19)16(14)18;1-3-8-12-9-11-6-4-10(2)5-7-11;8-7-3-1-6(5-9)2-4-7;7-3-1-2-4(10(11)12)6(9)5(3)8/h4-10H,1,11-12,21H2,2-3H3,(H,22,24);3-9H,1,10-11,19H2,2H3;3-7,12H,1,8-9H2,2H3;1-4H,5,9H2;1-2H,9H2. The number of nitro benzene ring substituents is 2. The van der Waals surface area contributed by atoms with Crippen LogP contribution < -0.4 is 43.4 Å². The average Bonchev–Trinajstić information content (AvgIpc) is 3.44. The molecule has 0 aliphatic rings. The molecule has 81 heavy (non-hydrogen) atoms. The zero-order chi connectivity index (χ0) is 60.2. The maximum absolute atomic E-state index is 14.8. The maximum Gasteiger partial charge on any atom is 0.411 e. The van der Waals surface area contributed by atoms with Crippen LogP contribution in [0.1, 0.15) is 38.9 Å². The Kier molecular flexibility index (Phi) is 27.3. The molecule has 7 aromatic rings. The zero-order valence-corrected chi connectivity index (χ0v) is 45.4. The van der Waals surface area contributed by atoms with Crippen LogP contribution in [0.25, 0.3) is 0 Å². The Labute approximate surface area is 468 Å². The Morgan fingerprint density at radius 2 is 0.975 bits per heavy atom. The third kappa shape index (κ3) is 21.3. The molecule has 16 nitrogen and oxygen atoms in total. The van der Waals surface area contributed by atoms with Crippen molar-refractivity contribution in [3.05, 3.63) is 260 Å². The first-order chi connectivity index (χ1) is 38.6. The van der Waals surface area contributed by atoms with Crippen molar-refractivity contribution in [1.82, 2.24) is 5.32 Å². The lowest BCUT2D eigenvalue weighted by atomic mass is 10.1. The van der Waals surface area contributed by atoms with Gasteiger partial charge in [0.05, 0.1) is 39.7 Å². The predicted molar refractivity (Wildman–Crippen MR) is 314 cm³/mol. The molecule has 0 aliphatic heterocycles. The second kappa shape index (κ2) is 33.6. The number of halogens is 5. The fraction of sp³-hybridized carbons (Fsp3) is 0.183. The van der Waals surface area contributed by atoms with E-state index < -0.39 is 62.0 Å². The Morgan fingerprint density at radius 1 is 0.568 bits per heavy atom. The van der Waals surface area contributed by atoms with Crippen molar-refractivity contribution < 1.29 is 41.3 Å². The molecule has 0 spiro atoms. The third-order valence-electron chi connectivity index (χ3n) is 11.5. The van der Waals surface area contributed by atoms with E-state index in [9.17, 15) is 47.0 Å². The molecule has 7 aromatic carbocycles. The average molecular weight is 1120 g/mol. The monoisotopic (exact) mass is 1120 g/mol. The molecule has 0 aliphatic carbocycles. The van der Waals surface area contributed by atoms with Gasteiger partial charge in [0.1, 0.15) is 17.2 Å². The predicted octanol–water partition coefficient (Wildman–Crippen LogP) is 12.9. The van der Waals surface area contributed by atoms with Crippen LogP contribution in [0.5, 0.6) is 0 Å². The SMILES string of the molecule is C=CCN(Cc1ccc(C)cc1)c1ccc(NC(=O)OC)c(N)c1F.C=CCN(Cc1ccc(C)cc1)c1ccc([N+](=O)[O-])c(N)c1F.C=CCNCc1ccc(C)cc1.NCc1ccc(F)cc1.Nc1c([N+](=O)[O-])ccc(F)c1F. The van der Waals surface area contributed by atoms with E-state index in [1.54, 1.807) is 41.3 Å². The van der Waals surface area contributed by atoms with Gasteiger partial charge in [0.25, 0.3) is 11.4 Å². The molecule has 21 heteroatoms. The lowest BCUT2D eigenvalue weighted by Gasteiger charge is -2.25. The van der Waals surface area contributed by atoms with E-state index in [2.05, 4.69) is 66.3 Å². The van der Waals surface area contributed by atoms with Crippen molar-refractivity contribution in [2.45, 2.75) is 47.0 Å². The van der Waals surface area contributed by atoms with Crippen LogP contribution in [0.3, 0.4) is 0 Å². The van der Waals surface area contributed by atoms with Crippen LogP contribution in [0.15, 0.2) is 171 Å². The normalized spacial score (nSPS) is 10.0. The summed E-state index contributed by atoms with van der Waals surface area (Å²) >= 11 is 0. The number of carbonyl (C=O) groups is 1. The van der Waals surface area contributed by atoms with E-state index in [1.165, 1.54) is 42.5 Å². The van der Waals surface area contributed by atoms with E-state index >= 15 is 0 Å². The van der Waals surface area contributed by atoms with Crippen molar-refractivity contribution in [1.29, 1.82) is 0 Å². The van der Waals surface area contributed by atoms with Crippen LogP contribution in [-0.4, -0.2) is 42.7 Å². The lowest BCUT2D eigenvalue weighted by Crippen LogP contribution is -2.24. The minimum Gasteiger partial charge on any atom is -0.453 e. The molecule has 0 aromatic heterocycles. The number of ether oxygens (including phenoxy) is 1. The summed E-state index contributed by atoms with van der Waals surface area (Å²) in [7, 11) is 1.23. The zero-order valence-electron chi connectivity index (χ0n) is 45.4. The number of hydrogen-bond donors (Lipinski definition) is 6. The molecule has 428 valence electrons. The number of nitro groups is 2. The number of nitrogens with zero attached hydrogens (tertiary/aromatic N) is 4. The molecule has 0 saturated carbocycles. The number of amides is 1. The van der Waals surface area contributed by atoms with Crippen LogP contribution >= 0.6 is 0 Å². The number of methoxy groups -OCH3 is 1.